The van der Waals surface area contributed by atoms with E-state index in [1.165, 1.54) is 116 Å². The van der Waals surface area contributed by atoms with Crippen LogP contribution in [0.25, 0.3) is 0 Å². The van der Waals surface area contributed by atoms with Gasteiger partial charge in [-0.3, -0.25) is 18.6 Å². The molecule has 11 heteroatoms. The van der Waals surface area contributed by atoms with Gasteiger partial charge in [-0.1, -0.05) is 148 Å². The molecule has 0 spiro atoms. The summed E-state index contributed by atoms with van der Waals surface area (Å²) in [5.74, 6) is -1.78. The third kappa shape index (κ3) is 34.9. The average Bonchev–Trinajstić information content (AvgIpc) is 3.07. The van der Waals surface area contributed by atoms with E-state index in [-0.39, 0.29) is 13.0 Å². The number of hydrogen-bond acceptors (Lipinski definition) is 8. The summed E-state index contributed by atoms with van der Waals surface area (Å²) in [7, 11) is -4.60. The van der Waals surface area contributed by atoms with Gasteiger partial charge in [0, 0.05) is 13.0 Å². The predicted molar refractivity (Wildman–Crippen MR) is 199 cm³/mol. The predicted octanol–water partition coefficient (Wildman–Crippen LogP) is 10.2. The van der Waals surface area contributed by atoms with E-state index in [4.69, 9.17) is 24.8 Å². The van der Waals surface area contributed by atoms with Gasteiger partial charge in [0.25, 0.3) is 0 Å². The van der Waals surface area contributed by atoms with E-state index in [0.717, 1.165) is 38.5 Å². The Kier molecular flexibility index (Phi) is 34.2. The highest BCUT2D eigenvalue weighted by Crippen LogP contribution is 2.43. The second-order valence-corrected chi connectivity index (χ2v) is 14.9. The quantitative estimate of drug-likeness (QED) is 0.0243. The number of phosphoric ester groups is 1. The Bertz CT molecular complexity index is 842. The third-order valence-corrected chi connectivity index (χ3v) is 9.50. The number of ether oxygens (including phenoxy) is 2. The van der Waals surface area contributed by atoms with Crippen LogP contribution < -0.4 is 5.73 Å². The number of phosphoric acid groups is 1. The minimum atomic E-state index is -4.60. The largest absolute Gasteiger partial charge is 0.480 e. The van der Waals surface area contributed by atoms with Crippen LogP contribution in [0.5, 0.6) is 0 Å². The number of hydrogen-bond donors (Lipinski definition) is 3. The van der Waals surface area contributed by atoms with Gasteiger partial charge in [0.15, 0.2) is 0 Å². The SMILES string of the molecule is CCCCCCCCC/C=C\CCCCCCCCCCOCC(COP(=O)(O)OCC(N)C(=O)O)OC(=O)CCCCCCCCCC. The zero-order valence-corrected chi connectivity index (χ0v) is 32.2. The third-order valence-electron chi connectivity index (χ3n) is 8.54. The molecule has 10 nitrogen and oxygen atoms in total. The number of allylic oxidation sites excluding steroid dienone is 2. The fraction of sp³-hybridized carbons (Fsp3) is 0.895. The van der Waals surface area contributed by atoms with E-state index in [9.17, 15) is 19.0 Å². The summed E-state index contributed by atoms with van der Waals surface area (Å²) in [5.41, 5.74) is 5.33. The molecule has 0 rings (SSSR count). The molecule has 0 aliphatic heterocycles. The Morgan fingerprint density at radius 3 is 1.55 bits per heavy atom. The first-order chi connectivity index (χ1) is 23.7. The summed E-state index contributed by atoms with van der Waals surface area (Å²) in [6, 6.07) is -1.47. The highest BCUT2D eigenvalue weighted by atomic mass is 31.2. The van der Waals surface area contributed by atoms with Crippen molar-refractivity contribution in [2.24, 2.45) is 5.73 Å². The standard InChI is InChI=1S/C38H74NO9P/c1-3-5-7-9-11-13-14-15-16-17-18-19-20-21-22-23-25-27-29-31-45-32-35(33-46-49(43,44)47-34-36(39)38(41)42)48-37(40)30-28-26-24-12-10-8-6-4-2/h16-17,35-36H,3-15,18-34,39H2,1-2H3,(H,41,42)(H,43,44)/b17-16-. The first kappa shape index (κ1) is 47.7. The van der Waals surface area contributed by atoms with Crippen LogP contribution in [-0.2, 0) is 32.7 Å². The lowest BCUT2D eigenvalue weighted by Gasteiger charge is -2.20. The summed E-state index contributed by atoms with van der Waals surface area (Å²) in [6.07, 6.45) is 34.2. The molecule has 0 saturated carbocycles. The highest BCUT2D eigenvalue weighted by Gasteiger charge is 2.27. The van der Waals surface area contributed by atoms with E-state index >= 15 is 0 Å². The minimum Gasteiger partial charge on any atom is -0.480 e. The molecule has 3 atom stereocenters. The summed E-state index contributed by atoms with van der Waals surface area (Å²) in [4.78, 5) is 33.3. The molecule has 0 radical (unpaired) electrons. The van der Waals surface area contributed by atoms with Crippen LogP contribution in [0.3, 0.4) is 0 Å². The molecular weight excluding hydrogens is 645 g/mol. The second-order valence-electron chi connectivity index (χ2n) is 13.4. The van der Waals surface area contributed by atoms with Crippen LogP contribution in [0, 0.1) is 0 Å². The van der Waals surface area contributed by atoms with Crippen LogP contribution in [0.2, 0.25) is 0 Å². The molecule has 0 aromatic carbocycles. The molecule has 0 amide bonds. The fourth-order valence-corrected chi connectivity index (χ4v) is 6.20. The minimum absolute atomic E-state index is 0.0191. The van der Waals surface area contributed by atoms with Crippen molar-refractivity contribution in [3.63, 3.8) is 0 Å². The Morgan fingerprint density at radius 1 is 0.633 bits per heavy atom. The molecular formula is C38H74NO9P. The molecule has 4 N–H and O–H groups in total. The van der Waals surface area contributed by atoms with Gasteiger partial charge in [-0.05, 0) is 38.5 Å². The first-order valence-corrected chi connectivity index (χ1v) is 21.2. The van der Waals surface area contributed by atoms with Crippen LogP contribution in [0.4, 0.5) is 0 Å². The molecule has 49 heavy (non-hydrogen) atoms. The Balaban J connectivity index is 4.15. The maximum Gasteiger partial charge on any atom is 0.472 e. The summed E-state index contributed by atoms with van der Waals surface area (Å²) in [5, 5.41) is 8.85. The highest BCUT2D eigenvalue weighted by molar-refractivity contribution is 7.47. The number of unbranched alkanes of at least 4 members (excludes halogenated alkanes) is 22. The lowest BCUT2D eigenvalue weighted by atomic mass is 10.1. The molecule has 0 aliphatic rings. The number of carboxylic acids is 1. The summed E-state index contributed by atoms with van der Waals surface area (Å²) >= 11 is 0. The molecule has 0 bridgehead atoms. The van der Waals surface area contributed by atoms with Gasteiger partial charge in [0.2, 0.25) is 0 Å². The van der Waals surface area contributed by atoms with Crippen molar-refractivity contribution >= 4 is 19.8 Å². The van der Waals surface area contributed by atoms with E-state index < -0.39 is 45.1 Å². The lowest BCUT2D eigenvalue weighted by molar-refractivity contribution is -0.154. The molecule has 0 aliphatic carbocycles. The molecule has 290 valence electrons. The Morgan fingerprint density at radius 2 is 1.06 bits per heavy atom. The second kappa shape index (κ2) is 35.1. The van der Waals surface area contributed by atoms with Crippen molar-refractivity contribution in [2.45, 2.75) is 193 Å². The molecule has 0 saturated heterocycles. The number of rotatable bonds is 38. The van der Waals surface area contributed by atoms with Gasteiger partial charge in [0.05, 0.1) is 19.8 Å². The summed E-state index contributed by atoms with van der Waals surface area (Å²) in [6.45, 7) is 3.84. The molecule has 0 heterocycles. The van der Waals surface area contributed by atoms with Crippen LogP contribution >= 0.6 is 7.82 Å². The maximum atomic E-state index is 12.5. The Hall–Kier alpha value is -1.29. The zero-order valence-electron chi connectivity index (χ0n) is 31.3. The van der Waals surface area contributed by atoms with E-state index in [2.05, 4.69) is 30.5 Å². The van der Waals surface area contributed by atoms with Gasteiger partial charge in [0.1, 0.15) is 12.1 Å². The number of aliphatic carboxylic acids is 1. The van der Waals surface area contributed by atoms with Crippen molar-refractivity contribution in [1.82, 2.24) is 0 Å². The average molecular weight is 720 g/mol. The monoisotopic (exact) mass is 720 g/mol. The Labute approximate surface area is 299 Å². The van der Waals surface area contributed by atoms with E-state index in [0.29, 0.717) is 13.0 Å². The van der Waals surface area contributed by atoms with Crippen molar-refractivity contribution in [3.8, 4) is 0 Å². The van der Waals surface area contributed by atoms with Gasteiger partial charge in [-0.15, -0.1) is 0 Å². The maximum absolute atomic E-state index is 12.5. The van der Waals surface area contributed by atoms with Gasteiger partial charge in [-0.25, -0.2) is 4.57 Å². The van der Waals surface area contributed by atoms with E-state index in [1.54, 1.807) is 0 Å². The van der Waals surface area contributed by atoms with Gasteiger partial charge < -0.3 is 25.2 Å². The van der Waals surface area contributed by atoms with Crippen LogP contribution in [-0.4, -0.2) is 60.5 Å². The van der Waals surface area contributed by atoms with Crippen molar-refractivity contribution in [2.75, 3.05) is 26.4 Å². The smallest absolute Gasteiger partial charge is 0.472 e. The lowest BCUT2D eigenvalue weighted by Crippen LogP contribution is -2.34. The van der Waals surface area contributed by atoms with Gasteiger partial charge >= 0.3 is 19.8 Å². The number of esters is 1. The summed E-state index contributed by atoms with van der Waals surface area (Å²) < 4.78 is 33.1. The molecule has 0 aromatic rings. The number of carbonyl (C=O) groups is 2. The topological polar surface area (TPSA) is 155 Å². The molecule has 0 aromatic heterocycles. The van der Waals surface area contributed by atoms with Crippen LogP contribution in [0.15, 0.2) is 12.2 Å². The van der Waals surface area contributed by atoms with Crippen molar-refractivity contribution in [3.05, 3.63) is 12.2 Å². The zero-order chi connectivity index (χ0) is 36.3. The molecule has 3 unspecified atom stereocenters. The number of carboxylic acid groups (broad SMARTS) is 1. The van der Waals surface area contributed by atoms with Crippen molar-refractivity contribution in [1.29, 1.82) is 0 Å². The van der Waals surface area contributed by atoms with Gasteiger partial charge in [-0.2, -0.15) is 0 Å². The van der Waals surface area contributed by atoms with Crippen LogP contribution in [0.1, 0.15) is 181 Å². The number of nitrogens with two attached hydrogens (primary N) is 1. The number of carbonyl (C=O) groups excluding carboxylic acids is 1. The van der Waals surface area contributed by atoms with Crippen molar-refractivity contribution < 1.29 is 42.7 Å². The fourth-order valence-electron chi connectivity index (χ4n) is 5.42. The first-order valence-electron chi connectivity index (χ1n) is 19.7. The molecule has 0 fully saturated rings. The normalized spacial score (nSPS) is 14.2. The van der Waals surface area contributed by atoms with E-state index in [1.807, 2.05) is 0 Å².